The lowest BCUT2D eigenvalue weighted by molar-refractivity contribution is -0.140. The number of halogens is 4. The van der Waals surface area contributed by atoms with Crippen LogP contribution in [0.1, 0.15) is 21.6 Å². The van der Waals surface area contributed by atoms with Gasteiger partial charge in [-0.15, -0.1) is 0 Å². The molecule has 144 valence electrons. The van der Waals surface area contributed by atoms with Gasteiger partial charge in [0.1, 0.15) is 11.9 Å². The van der Waals surface area contributed by atoms with Crippen molar-refractivity contribution >= 4 is 11.9 Å². The molecule has 1 heterocycles. The number of aromatic nitrogens is 1. The molecule has 0 aliphatic carbocycles. The van der Waals surface area contributed by atoms with Gasteiger partial charge in [0, 0.05) is 23.9 Å². The monoisotopic (exact) mass is 385 g/mol. The Hall–Kier alpha value is -3.01. The summed E-state index contributed by atoms with van der Waals surface area (Å²) in [5.74, 6) is -3.16. The predicted molar refractivity (Wildman–Crippen MR) is 87.3 cm³/mol. The normalized spacial score (nSPS) is 12.5. The van der Waals surface area contributed by atoms with Crippen molar-refractivity contribution in [2.75, 3.05) is 6.54 Å². The van der Waals surface area contributed by atoms with Crippen LogP contribution in [0.15, 0.2) is 30.5 Å². The maximum absolute atomic E-state index is 14.0. The summed E-state index contributed by atoms with van der Waals surface area (Å²) >= 11 is 0. The first-order chi connectivity index (χ1) is 12.5. The van der Waals surface area contributed by atoms with Crippen molar-refractivity contribution in [3.63, 3.8) is 0 Å². The average molecular weight is 385 g/mol. The Kier molecular flexibility index (Phi) is 5.79. The van der Waals surface area contributed by atoms with Crippen molar-refractivity contribution in [2.24, 2.45) is 5.73 Å². The molecular weight excluding hydrogens is 370 g/mol. The summed E-state index contributed by atoms with van der Waals surface area (Å²) in [5, 5.41) is 10.9. The number of aryl methyl sites for hydroxylation is 1. The molecule has 0 saturated heterocycles. The number of hydrogen-bond donors (Lipinski definition) is 3. The highest BCUT2D eigenvalue weighted by Gasteiger charge is 2.36. The molecule has 2 rings (SSSR count). The number of nitrogens with two attached hydrogens (primary N) is 1. The topological polar surface area (TPSA) is 105 Å². The zero-order chi connectivity index (χ0) is 20.4. The van der Waals surface area contributed by atoms with Crippen LogP contribution in [0.2, 0.25) is 0 Å². The molecule has 0 bridgehead atoms. The summed E-state index contributed by atoms with van der Waals surface area (Å²) in [7, 11) is 0. The number of carboxylic acid groups (broad SMARTS) is 1. The molecule has 0 unspecified atom stereocenters. The van der Waals surface area contributed by atoms with Crippen LogP contribution in [0.3, 0.4) is 0 Å². The minimum atomic E-state index is -4.77. The van der Waals surface area contributed by atoms with E-state index in [-0.39, 0.29) is 22.3 Å². The van der Waals surface area contributed by atoms with Crippen LogP contribution in [0.25, 0.3) is 11.1 Å². The molecule has 1 atom stereocenters. The smallest absolute Gasteiger partial charge is 0.433 e. The van der Waals surface area contributed by atoms with Crippen LogP contribution in [0.5, 0.6) is 0 Å². The van der Waals surface area contributed by atoms with Crippen LogP contribution >= 0.6 is 0 Å². The molecule has 4 N–H and O–H groups in total. The summed E-state index contributed by atoms with van der Waals surface area (Å²) in [6, 6.07) is 2.72. The third-order valence-electron chi connectivity index (χ3n) is 3.68. The minimum absolute atomic E-state index is 0.180. The molecule has 27 heavy (non-hydrogen) atoms. The molecule has 1 aromatic heterocycles. The quantitative estimate of drug-likeness (QED) is 0.686. The number of carbonyl (C=O) groups excluding carboxylic acids is 1. The van der Waals surface area contributed by atoms with Crippen molar-refractivity contribution in [1.29, 1.82) is 0 Å². The Morgan fingerprint density at radius 1 is 1.30 bits per heavy atom. The summed E-state index contributed by atoms with van der Waals surface area (Å²) in [6.07, 6.45) is -3.79. The molecule has 0 saturated carbocycles. The van der Waals surface area contributed by atoms with E-state index in [1.807, 2.05) is 0 Å². The summed E-state index contributed by atoms with van der Waals surface area (Å²) in [4.78, 5) is 26.1. The molecule has 10 heteroatoms. The molecule has 0 fully saturated rings. The zero-order valence-corrected chi connectivity index (χ0v) is 14.0. The average Bonchev–Trinajstić information content (AvgIpc) is 2.57. The van der Waals surface area contributed by atoms with Gasteiger partial charge in [-0.3, -0.25) is 14.6 Å². The third-order valence-corrected chi connectivity index (χ3v) is 3.68. The standard InChI is InChI=1S/C17H15F4N3O3/c1-8-2-3-23-14(17(19,20)21)13(8)9-4-10(6-11(18)5-9)15(25)24-7-12(22)16(26)27/h2-6,12H,7,22H2,1H3,(H,24,25)(H,26,27)/t12-/m1/s1. The summed E-state index contributed by atoms with van der Waals surface area (Å²) in [5.41, 5.74) is 3.45. The molecule has 0 aliphatic heterocycles. The van der Waals surface area contributed by atoms with E-state index in [2.05, 4.69) is 10.3 Å². The van der Waals surface area contributed by atoms with Gasteiger partial charge in [0.2, 0.25) is 0 Å². The number of aliphatic carboxylic acids is 1. The second-order valence-electron chi connectivity index (χ2n) is 5.73. The Morgan fingerprint density at radius 3 is 2.56 bits per heavy atom. The van der Waals surface area contributed by atoms with Crippen LogP contribution in [0.4, 0.5) is 17.6 Å². The largest absolute Gasteiger partial charge is 0.480 e. The second-order valence-corrected chi connectivity index (χ2v) is 5.73. The van der Waals surface area contributed by atoms with E-state index in [0.29, 0.717) is 0 Å². The first kappa shape index (κ1) is 20.3. The van der Waals surface area contributed by atoms with Crippen LogP contribution in [-0.2, 0) is 11.0 Å². The number of nitrogens with zero attached hydrogens (tertiary/aromatic N) is 1. The number of alkyl halides is 3. The third kappa shape index (κ3) is 4.79. The van der Waals surface area contributed by atoms with Crippen LogP contribution in [0, 0.1) is 12.7 Å². The molecule has 6 nitrogen and oxygen atoms in total. The maximum Gasteiger partial charge on any atom is 0.433 e. The zero-order valence-electron chi connectivity index (χ0n) is 14.0. The minimum Gasteiger partial charge on any atom is -0.480 e. The highest BCUT2D eigenvalue weighted by atomic mass is 19.4. The first-order valence-corrected chi connectivity index (χ1v) is 7.61. The lowest BCUT2D eigenvalue weighted by atomic mass is 9.96. The number of carboxylic acids is 1. The Balaban J connectivity index is 2.45. The fourth-order valence-electron chi connectivity index (χ4n) is 2.39. The molecule has 1 aromatic carbocycles. The Morgan fingerprint density at radius 2 is 1.96 bits per heavy atom. The van der Waals surface area contributed by atoms with E-state index < -0.39 is 42.2 Å². The summed E-state index contributed by atoms with van der Waals surface area (Å²) < 4.78 is 53.7. The SMILES string of the molecule is Cc1ccnc(C(F)(F)F)c1-c1cc(F)cc(C(=O)NC[C@@H](N)C(=O)O)c1. The van der Waals surface area contributed by atoms with Crippen molar-refractivity contribution in [1.82, 2.24) is 10.3 Å². The van der Waals surface area contributed by atoms with Crippen molar-refractivity contribution in [2.45, 2.75) is 19.1 Å². The van der Waals surface area contributed by atoms with Gasteiger partial charge < -0.3 is 16.2 Å². The molecule has 0 aliphatic rings. The van der Waals surface area contributed by atoms with E-state index in [0.717, 1.165) is 24.4 Å². The van der Waals surface area contributed by atoms with Crippen LogP contribution < -0.4 is 11.1 Å². The predicted octanol–water partition coefficient (Wildman–Crippen LogP) is 2.36. The highest BCUT2D eigenvalue weighted by molar-refractivity contribution is 5.96. The van der Waals surface area contributed by atoms with Gasteiger partial charge in [-0.05, 0) is 42.3 Å². The van der Waals surface area contributed by atoms with Gasteiger partial charge >= 0.3 is 12.1 Å². The number of amides is 1. The van der Waals surface area contributed by atoms with Gasteiger partial charge in [-0.2, -0.15) is 13.2 Å². The van der Waals surface area contributed by atoms with Gasteiger partial charge in [-0.1, -0.05) is 0 Å². The number of nitrogens with one attached hydrogen (secondary N) is 1. The molecule has 1 amide bonds. The van der Waals surface area contributed by atoms with E-state index in [4.69, 9.17) is 10.8 Å². The van der Waals surface area contributed by atoms with E-state index >= 15 is 0 Å². The van der Waals surface area contributed by atoms with Crippen molar-refractivity contribution in [3.05, 3.63) is 53.1 Å². The van der Waals surface area contributed by atoms with E-state index in [1.165, 1.54) is 13.0 Å². The maximum atomic E-state index is 14.0. The van der Waals surface area contributed by atoms with Crippen molar-refractivity contribution in [3.8, 4) is 11.1 Å². The number of carbonyl (C=O) groups is 2. The van der Waals surface area contributed by atoms with Gasteiger partial charge in [-0.25, -0.2) is 4.39 Å². The van der Waals surface area contributed by atoms with E-state index in [9.17, 15) is 27.2 Å². The lowest BCUT2D eigenvalue weighted by Gasteiger charge is -2.15. The molecule has 0 radical (unpaired) electrons. The molecule has 2 aromatic rings. The van der Waals surface area contributed by atoms with Gasteiger partial charge in [0.25, 0.3) is 5.91 Å². The number of pyridine rings is 1. The molecule has 0 spiro atoms. The number of rotatable bonds is 5. The fraction of sp³-hybridized carbons (Fsp3) is 0.235. The summed E-state index contributed by atoms with van der Waals surface area (Å²) in [6.45, 7) is 0.975. The second kappa shape index (κ2) is 7.70. The first-order valence-electron chi connectivity index (χ1n) is 7.61. The lowest BCUT2D eigenvalue weighted by Crippen LogP contribution is -2.42. The number of benzene rings is 1. The Bertz CT molecular complexity index is 884. The van der Waals surface area contributed by atoms with Gasteiger partial charge in [0.15, 0.2) is 5.69 Å². The Labute approximate surface area is 151 Å². The van der Waals surface area contributed by atoms with E-state index in [1.54, 1.807) is 0 Å². The molecular formula is C17H15F4N3O3. The fourth-order valence-corrected chi connectivity index (χ4v) is 2.39. The van der Waals surface area contributed by atoms with Crippen molar-refractivity contribution < 1.29 is 32.3 Å². The number of hydrogen-bond acceptors (Lipinski definition) is 4. The van der Waals surface area contributed by atoms with Crippen LogP contribution in [-0.4, -0.2) is 34.6 Å². The van der Waals surface area contributed by atoms with Gasteiger partial charge in [0.05, 0.1) is 0 Å². The highest BCUT2D eigenvalue weighted by Crippen LogP contribution is 2.37.